The van der Waals surface area contributed by atoms with Crippen LogP contribution < -0.4 is 0 Å². The SMILES string of the molecule is c1ccc(-c2cc(-c3ccc(-c4cccc5oc6c7ccccc7c(-c7ccc(-n8c9ccccc9c9ccccc98)cc7)cc6c45)cc3)cc(-c3ccccn3)n2)nc1. The Balaban J connectivity index is 0.973. The summed E-state index contributed by atoms with van der Waals surface area (Å²) in [6, 6.07) is 68.4. The zero-order valence-electron chi connectivity index (χ0n) is 32.3. The molecule has 5 nitrogen and oxygen atoms in total. The molecular weight excluding hydrogens is 733 g/mol. The minimum absolute atomic E-state index is 0.803. The third kappa shape index (κ3) is 5.52. The van der Waals surface area contributed by atoms with Gasteiger partial charge < -0.3 is 8.98 Å². The van der Waals surface area contributed by atoms with Gasteiger partial charge in [-0.1, -0.05) is 121 Å². The molecule has 0 aliphatic heterocycles. The molecule has 0 aliphatic rings. The smallest absolute Gasteiger partial charge is 0.143 e. The van der Waals surface area contributed by atoms with Gasteiger partial charge in [0.2, 0.25) is 0 Å². The first kappa shape index (κ1) is 33.9. The molecule has 7 aromatic carbocycles. The largest absolute Gasteiger partial charge is 0.455 e. The van der Waals surface area contributed by atoms with Gasteiger partial charge in [-0.05, 0) is 112 Å². The van der Waals surface area contributed by atoms with E-state index in [4.69, 9.17) is 9.40 Å². The minimum Gasteiger partial charge on any atom is -0.455 e. The van der Waals surface area contributed by atoms with Crippen molar-refractivity contribution >= 4 is 54.5 Å². The van der Waals surface area contributed by atoms with E-state index in [-0.39, 0.29) is 0 Å². The van der Waals surface area contributed by atoms with Crippen LogP contribution in [0.1, 0.15) is 0 Å². The standard InChI is InChI=1S/C55H34N4O/c1-2-15-44-41(12-1)45(37-26-28-39(29-27-37)59-51-19-5-3-13-42(51)43-14-4-6-20-52(43)59)34-46-54-40(16-11-21-53(54)60-55(44)46)36-24-22-35(23-25-36)38-32-49(47-17-7-9-30-56-47)58-50(33-38)48-18-8-10-31-57-48/h1-34H. The maximum atomic E-state index is 6.75. The van der Waals surface area contributed by atoms with Crippen LogP contribution >= 0.6 is 0 Å². The third-order valence-corrected chi connectivity index (χ3v) is 11.7. The van der Waals surface area contributed by atoms with Gasteiger partial charge in [-0.15, -0.1) is 0 Å². The molecule has 0 bridgehead atoms. The minimum atomic E-state index is 0.803. The lowest BCUT2D eigenvalue weighted by Gasteiger charge is -2.12. The highest BCUT2D eigenvalue weighted by Crippen LogP contribution is 2.44. The lowest BCUT2D eigenvalue weighted by molar-refractivity contribution is 0.673. The van der Waals surface area contributed by atoms with E-state index in [2.05, 4.69) is 172 Å². The summed E-state index contributed by atoms with van der Waals surface area (Å²) in [4.78, 5) is 14.2. The van der Waals surface area contributed by atoms with Gasteiger partial charge in [-0.25, -0.2) is 4.98 Å². The number of rotatable bonds is 6. The number of para-hydroxylation sites is 2. The zero-order valence-corrected chi connectivity index (χ0v) is 32.3. The van der Waals surface area contributed by atoms with Crippen LogP contribution in [0.5, 0.6) is 0 Å². The lowest BCUT2D eigenvalue weighted by atomic mass is 9.92. The molecule has 280 valence electrons. The maximum Gasteiger partial charge on any atom is 0.143 e. The van der Waals surface area contributed by atoms with Crippen LogP contribution in [-0.2, 0) is 0 Å². The van der Waals surface area contributed by atoms with Gasteiger partial charge in [-0.2, -0.15) is 0 Å². The topological polar surface area (TPSA) is 56.7 Å². The van der Waals surface area contributed by atoms with E-state index >= 15 is 0 Å². The summed E-state index contributed by atoms with van der Waals surface area (Å²) < 4.78 is 9.12. The normalized spacial score (nSPS) is 11.7. The highest BCUT2D eigenvalue weighted by molar-refractivity contribution is 6.22. The highest BCUT2D eigenvalue weighted by Gasteiger charge is 2.19. The fraction of sp³-hybridized carbons (Fsp3) is 0. The Labute approximate surface area is 345 Å². The van der Waals surface area contributed by atoms with Crippen molar-refractivity contribution in [2.24, 2.45) is 0 Å². The molecule has 0 atom stereocenters. The fourth-order valence-corrected chi connectivity index (χ4v) is 8.95. The molecule has 5 aromatic heterocycles. The second-order valence-electron chi connectivity index (χ2n) is 15.2. The first-order chi connectivity index (χ1) is 29.7. The Morgan fingerprint density at radius 1 is 0.367 bits per heavy atom. The van der Waals surface area contributed by atoms with E-state index in [1.807, 2.05) is 36.4 Å². The molecule has 0 saturated carbocycles. The molecule has 0 radical (unpaired) electrons. The van der Waals surface area contributed by atoms with Gasteiger partial charge in [-0.3, -0.25) is 9.97 Å². The summed E-state index contributed by atoms with van der Waals surface area (Å²) in [5, 5.41) is 6.97. The van der Waals surface area contributed by atoms with Crippen molar-refractivity contribution in [2.75, 3.05) is 0 Å². The number of hydrogen-bond acceptors (Lipinski definition) is 4. The van der Waals surface area contributed by atoms with E-state index in [1.165, 1.54) is 27.4 Å². The van der Waals surface area contributed by atoms with Crippen molar-refractivity contribution < 1.29 is 4.42 Å². The first-order valence-corrected chi connectivity index (χ1v) is 20.2. The monoisotopic (exact) mass is 766 g/mol. The third-order valence-electron chi connectivity index (χ3n) is 11.7. The van der Waals surface area contributed by atoms with Crippen LogP contribution in [0.2, 0.25) is 0 Å². The van der Waals surface area contributed by atoms with Gasteiger partial charge in [0.1, 0.15) is 11.2 Å². The Morgan fingerprint density at radius 3 is 1.55 bits per heavy atom. The van der Waals surface area contributed by atoms with Crippen molar-refractivity contribution in [3.63, 3.8) is 0 Å². The van der Waals surface area contributed by atoms with Gasteiger partial charge >= 0.3 is 0 Å². The molecule has 5 heteroatoms. The Bertz CT molecular complexity index is 3460. The fourth-order valence-electron chi connectivity index (χ4n) is 8.95. The summed E-state index contributed by atoms with van der Waals surface area (Å²) in [7, 11) is 0. The zero-order chi connectivity index (χ0) is 39.6. The van der Waals surface area contributed by atoms with Crippen LogP contribution in [0.4, 0.5) is 0 Å². The van der Waals surface area contributed by atoms with E-state index in [0.29, 0.717) is 0 Å². The van der Waals surface area contributed by atoms with Crippen molar-refractivity contribution in [1.82, 2.24) is 19.5 Å². The average Bonchev–Trinajstić information content (AvgIpc) is 3.88. The van der Waals surface area contributed by atoms with Gasteiger partial charge in [0, 0.05) is 45.0 Å². The van der Waals surface area contributed by atoms with E-state index < -0.39 is 0 Å². The van der Waals surface area contributed by atoms with Crippen molar-refractivity contribution in [3.05, 3.63) is 207 Å². The van der Waals surface area contributed by atoms with Crippen LogP contribution in [-0.4, -0.2) is 19.5 Å². The number of nitrogens with zero attached hydrogens (tertiary/aromatic N) is 4. The highest BCUT2D eigenvalue weighted by atomic mass is 16.3. The molecular formula is C55H34N4O. The van der Waals surface area contributed by atoms with E-state index in [9.17, 15) is 0 Å². The quantitative estimate of drug-likeness (QED) is 0.169. The second kappa shape index (κ2) is 13.8. The Hall–Kier alpha value is -8.15. The van der Waals surface area contributed by atoms with Crippen LogP contribution in [0, 0.1) is 0 Å². The molecule has 5 heterocycles. The van der Waals surface area contributed by atoms with Crippen molar-refractivity contribution in [1.29, 1.82) is 0 Å². The molecule has 0 saturated heterocycles. The van der Waals surface area contributed by atoms with Gasteiger partial charge in [0.15, 0.2) is 0 Å². The molecule has 0 spiro atoms. The molecule has 0 amide bonds. The van der Waals surface area contributed by atoms with Crippen LogP contribution in [0.25, 0.3) is 116 Å². The summed E-state index contributed by atoms with van der Waals surface area (Å²) in [6.07, 6.45) is 3.60. The summed E-state index contributed by atoms with van der Waals surface area (Å²) in [5.41, 5.74) is 15.2. The first-order valence-electron chi connectivity index (χ1n) is 20.2. The van der Waals surface area contributed by atoms with Crippen LogP contribution in [0.15, 0.2) is 211 Å². The second-order valence-corrected chi connectivity index (χ2v) is 15.2. The lowest BCUT2D eigenvalue weighted by Crippen LogP contribution is -1.94. The molecule has 12 rings (SSSR count). The van der Waals surface area contributed by atoms with Crippen LogP contribution in [0.3, 0.4) is 0 Å². The molecule has 0 aliphatic carbocycles. The molecule has 60 heavy (non-hydrogen) atoms. The van der Waals surface area contributed by atoms with Gasteiger partial charge in [0.25, 0.3) is 0 Å². The predicted molar refractivity (Wildman–Crippen MR) is 246 cm³/mol. The Kier molecular flexibility index (Phi) is 7.78. The number of pyridine rings is 3. The molecule has 0 fully saturated rings. The Morgan fingerprint density at radius 2 is 0.917 bits per heavy atom. The maximum absolute atomic E-state index is 6.75. The van der Waals surface area contributed by atoms with E-state index in [0.717, 1.165) is 89.0 Å². The average molecular weight is 767 g/mol. The molecule has 0 unspecified atom stereocenters. The number of hydrogen-bond donors (Lipinski definition) is 0. The summed E-state index contributed by atoms with van der Waals surface area (Å²) in [6.45, 7) is 0. The number of benzene rings is 7. The summed E-state index contributed by atoms with van der Waals surface area (Å²) in [5.74, 6) is 0. The number of furan rings is 1. The number of fused-ring (bicyclic) bond motifs is 8. The van der Waals surface area contributed by atoms with Gasteiger partial charge in [0.05, 0.1) is 33.8 Å². The van der Waals surface area contributed by atoms with E-state index in [1.54, 1.807) is 12.4 Å². The van der Waals surface area contributed by atoms with Crippen molar-refractivity contribution in [2.45, 2.75) is 0 Å². The predicted octanol–water partition coefficient (Wildman–Crippen LogP) is 14.4. The molecule has 0 N–H and O–H groups in total. The number of aromatic nitrogens is 4. The summed E-state index contributed by atoms with van der Waals surface area (Å²) >= 11 is 0. The van der Waals surface area contributed by atoms with Crippen molar-refractivity contribution in [3.8, 4) is 61.8 Å². The molecule has 12 aromatic rings.